The molecule has 2 aromatic rings. The lowest BCUT2D eigenvalue weighted by Gasteiger charge is -2.08. The Morgan fingerprint density at radius 2 is 2.26 bits per heavy atom. The highest BCUT2D eigenvalue weighted by Gasteiger charge is 2.29. The number of carbonyl (C=O) groups excluding carboxylic acids is 1. The second-order valence-electron chi connectivity index (χ2n) is 4.94. The van der Waals surface area contributed by atoms with Gasteiger partial charge in [0, 0.05) is 6.54 Å². The van der Waals surface area contributed by atoms with Crippen LogP contribution in [0.3, 0.4) is 0 Å². The lowest BCUT2D eigenvalue weighted by atomic mass is 10.2. The number of aliphatic hydroxyl groups is 1. The van der Waals surface area contributed by atoms with Crippen LogP contribution in [0.1, 0.15) is 29.1 Å². The molecule has 0 saturated heterocycles. The van der Waals surface area contributed by atoms with E-state index in [9.17, 15) is 9.90 Å². The fourth-order valence-corrected chi connectivity index (χ4v) is 2.98. The molecule has 1 aromatic heterocycles. The molecular formula is C14H16N2O2S. The largest absolute Gasteiger partial charge is 0.393 e. The number of nitrogens with zero attached hydrogens (tertiary/aromatic N) is 1. The molecule has 1 atom stereocenters. The monoisotopic (exact) mass is 276 g/mol. The van der Waals surface area contributed by atoms with Crippen molar-refractivity contribution in [3.8, 4) is 0 Å². The van der Waals surface area contributed by atoms with Crippen molar-refractivity contribution in [3.05, 3.63) is 29.3 Å². The van der Waals surface area contributed by atoms with Crippen LogP contribution in [0.5, 0.6) is 0 Å². The highest BCUT2D eigenvalue weighted by molar-refractivity contribution is 7.20. The number of carbonyl (C=O) groups is 1. The first-order chi connectivity index (χ1) is 9.24. The van der Waals surface area contributed by atoms with Gasteiger partial charge in [-0.15, -0.1) is 11.3 Å². The van der Waals surface area contributed by atoms with E-state index in [2.05, 4.69) is 10.3 Å². The van der Waals surface area contributed by atoms with E-state index >= 15 is 0 Å². The topological polar surface area (TPSA) is 62.2 Å². The smallest absolute Gasteiger partial charge is 0.280 e. The summed E-state index contributed by atoms with van der Waals surface area (Å²) in [5.74, 6) is 0.309. The van der Waals surface area contributed by atoms with Gasteiger partial charge in [0.05, 0.1) is 16.3 Å². The summed E-state index contributed by atoms with van der Waals surface area (Å²) in [6.45, 7) is 0.506. The predicted molar refractivity (Wildman–Crippen MR) is 75.3 cm³/mol. The van der Waals surface area contributed by atoms with Crippen molar-refractivity contribution in [2.75, 3.05) is 6.54 Å². The molecule has 1 heterocycles. The van der Waals surface area contributed by atoms with Crippen LogP contribution >= 0.6 is 11.3 Å². The highest BCUT2D eigenvalue weighted by Crippen LogP contribution is 2.33. The van der Waals surface area contributed by atoms with E-state index < -0.39 is 0 Å². The number of thiazole rings is 1. The molecule has 3 rings (SSSR count). The van der Waals surface area contributed by atoms with Gasteiger partial charge in [0.2, 0.25) is 0 Å². The molecule has 1 aliphatic rings. The number of benzene rings is 1. The molecule has 0 spiro atoms. The second-order valence-corrected chi connectivity index (χ2v) is 5.97. The van der Waals surface area contributed by atoms with Gasteiger partial charge < -0.3 is 10.4 Å². The van der Waals surface area contributed by atoms with Crippen LogP contribution in [0.25, 0.3) is 10.2 Å². The summed E-state index contributed by atoms with van der Waals surface area (Å²) in [6, 6.07) is 7.71. The van der Waals surface area contributed by atoms with Crippen LogP contribution in [-0.2, 0) is 0 Å². The van der Waals surface area contributed by atoms with Gasteiger partial charge in [0.1, 0.15) is 0 Å². The number of para-hydroxylation sites is 1. The average Bonchev–Trinajstić information content (AvgIpc) is 3.17. The molecule has 1 aromatic carbocycles. The molecular weight excluding hydrogens is 260 g/mol. The van der Waals surface area contributed by atoms with Gasteiger partial charge in [0.15, 0.2) is 5.01 Å². The van der Waals surface area contributed by atoms with Crippen molar-refractivity contribution < 1.29 is 9.90 Å². The van der Waals surface area contributed by atoms with Crippen LogP contribution in [0.4, 0.5) is 0 Å². The van der Waals surface area contributed by atoms with E-state index in [0.717, 1.165) is 23.1 Å². The normalized spacial score (nSPS) is 16.5. The van der Waals surface area contributed by atoms with E-state index in [1.807, 2.05) is 24.3 Å². The van der Waals surface area contributed by atoms with Crippen LogP contribution in [-0.4, -0.2) is 28.6 Å². The molecule has 1 unspecified atom stereocenters. The Kier molecular flexibility index (Phi) is 3.48. The molecule has 0 bridgehead atoms. The third kappa shape index (κ3) is 2.93. The van der Waals surface area contributed by atoms with Gasteiger partial charge in [-0.05, 0) is 37.3 Å². The minimum atomic E-state index is -0.268. The van der Waals surface area contributed by atoms with E-state index in [-0.39, 0.29) is 12.0 Å². The molecule has 1 saturated carbocycles. The lowest BCUT2D eigenvalue weighted by molar-refractivity contribution is 0.0936. The number of aliphatic hydroxyl groups excluding tert-OH is 1. The molecule has 1 amide bonds. The molecule has 0 aliphatic heterocycles. The van der Waals surface area contributed by atoms with Crippen molar-refractivity contribution in [2.24, 2.45) is 5.92 Å². The van der Waals surface area contributed by atoms with Crippen LogP contribution in [0.2, 0.25) is 0 Å². The predicted octanol–water partition coefficient (Wildman–Crippen LogP) is 2.19. The summed E-state index contributed by atoms with van der Waals surface area (Å²) in [4.78, 5) is 16.2. The number of amides is 1. The maximum Gasteiger partial charge on any atom is 0.280 e. The number of fused-ring (bicyclic) bond motifs is 1. The lowest BCUT2D eigenvalue weighted by Crippen LogP contribution is -2.27. The first-order valence-electron chi connectivity index (χ1n) is 6.56. The quantitative estimate of drug-likeness (QED) is 0.880. The van der Waals surface area contributed by atoms with Crippen LogP contribution < -0.4 is 5.32 Å². The third-order valence-corrected chi connectivity index (χ3v) is 4.42. The molecule has 2 N–H and O–H groups in total. The molecule has 5 heteroatoms. The number of aromatic nitrogens is 1. The SMILES string of the molecule is O=C(NCCC(O)C1CC1)c1nc2ccccc2s1. The summed E-state index contributed by atoms with van der Waals surface area (Å²) in [5.41, 5.74) is 0.857. The first-order valence-corrected chi connectivity index (χ1v) is 7.37. The summed E-state index contributed by atoms with van der Waals surface area (Å²) in [6.07, 6.45) is 2.59. The Balaban J connectivity index is 1.57. The minimum Gasteiger partial charge on any atom is -0.393 e. The average molecular weight is 276 g/mol. The highest BCUT2D eigenvalue weighted by atomic mass is 32.1. The van der Waals surface area contributed by atoms with Gasteiger partial charge in [-0.25, -0.2) is 4.98 Å². The third-order valence-electron chi connectivity index (χ3n) is 3.38. The van der Waals surface area contributed by atoms with Gasteiger partial charge in [-0.3, -0.25) is 4.79 Å². The Bertz CT molecular complexity index is 559. The Morgan fingerprint density at radius 1 is 1.47 bits per heavy atom. The van der Waals surface area contributed by atoms with Gasteiger partial charge in [-0.2, -0.15) is 0 Å². The standard InChI is InChI=1S/C14H16N2O2S/c17-11(9-5-6-9)7-8-15-13(18)14-16-10-3-1-2-4-12(10)19-14/h1-4,9,11,17H,5-8H2,(H,15,18). The zero-order chi connectivity index (χ0) is 13.2. The summed E-state index contributed by atoms with van der Waals surface area (Å²) in [5, 5.41) is 13.0. The zero-order valence-corrected chi connectivity index (χ0v) is 11.3. The van der Waals surface area contributed by atoms with Crippen LogP contribution in [0, 0.1) is 5.92 Å². The van der Waals surface area contributed by atoms with Crippen LogP contribution in [0.15, 0.2) is 24.3 Å². The van der Waals surface area contributed by atoms with Crippen molar-refractivity contribution in [2.45, 2.75) is 25.4 Å². The summed E-state index contributed by atoms with van der Waals surface area (Å²) in [7, 11) is 0. The fourth-order valence-electron chi connectivity index (χ4n) is 2.10. The molecule has 1 fully saturated rings. The van der Waals surface area contributed by atoms with E-state index in [4.69, 9.17) is 0 Å². The molecule has 19 heavy (non-hydrogen) atoms. The number of hydrogen-bond donors (Lipinski definition) is 2. The molecule has 1 aliphatic carbocycles. The van der Waals surface area contributed by atoms with E-state index in [0.29, 0.717) is 23.9 Å². The van der Waals surface area contributed by atoms with Crippen molar-refractivity contribution in [1.29, 1.82) is 0 Å². The minimum absolute atomic E-state index is 0.149. The van der Waals surface area contributed by atoms with Crippen molar-refractivity contribution in [3.63, 3.8) is 0 Å². The maximum absolute atomic E-state index is 11.9. The fraction of sp³-hybridized carbons (Fsp3) is 0.429. The Hall–Kier alpha value is -1.46. The molecule has 100 valence electrons. The Labute approximate surface area is 115 Å². The molecule has 4 nitrogen and oxygen atoms in total. The molecule has 0 radical (unpaired) electrons. The van der Waals surface area contributed by atoms with Gasteiger partial charge in [0.25, 0.3) is 5.91 Å². The van der Waals surface area contributed by atoms with E-state index in [1.54, 1.807) is 0 Å². The maximum atomic E-state index is 11.9. The number of hydrogen-bond acceptors (Lipinski definition) is 4. The summed E-state index contributed by atoms with van der Waals surface area (Å²) >= 11 is 1.40. The van der Waals surface area contributed by atoms with Crippen molar-refractivity contribution >= 4 is 27.5 Å². The van der Waals surface area contributed by atoms with Gasteiger partial charge >= 0.3 is 0 Å². The number of nitrogens with one attached hydrogen (secondary N) is 1. The summed E-state index contributed by atoms with van der Waals surface area (Å²) < 4.78 is 1.02. The zero-order valence-electron chi connectivity index (χ0n) is 10.5. The first kappa shape index (κ1) is 12.6. The van der Waals surface area contributed by atoms with Crippen molar-refractivity contribution in [1.82, 2.24) is 10.3 Å². The second kappa shape index (κ2) is 5.27. The van der Waals surface area contributed by atoms with Gasteiger partial charge in [-0.1, -0.05) is 12.1 Å². The number of rotatable bonds is 5. The van der Waals surface area contributed by atoms with E-state index in [1.165, 1.54) is 11.3 Å². The Morgan fingerprint density at radius 3 is 3.00 bits per heavy atom.